The van der Waals surface area contributed by atoms with E-state index in [0.717, 1.165) is 17.5 Å². The van der Waals surface area contributed by atoms with Crippen molar-refractivity contribution in [2.75, 3.05) is 18.5 Å². The number of nitrogens with zero attached hydrogens (tertiary/aromatic N) is 4. The summed E-state index contributed by atoms with van der Waals surface area (Å²) in [5.41, 5.74) is 2.18. The smallest absolute Gasteiger partial charge is 0.245 e. The monoisotopic (exact) mass is 520 g/mol. The lowest BCUT2D eigenvalue weighted by atomic mass is 9.66. The number of β-amino-alcohol motifs (C(OH)–C–C–N with tert-alkyl or cyclic N) is 1. The van der Waals surface area contributed by atoms with Gasteiger partial charge in [0.2, 0.25) is 17.7 Å². The van der Waals surface area contributed by atoms with Crippen molar-refractivity contribution in [3.05, 3.63) is 54.6 Å². The average Bonchev–Trinajstić information content (AvgIpc) is 3.59. The number of anilines is 1. The first-order valence-electron chi connectivity index (χ1n) is 12.4. The molecule has 3 saturated heterocycles. The molecule has 2 bridgehead atoms. The predicted octanol–water partition coefficient (Wildman–Crippen LogP) is 1.62. The summed E-state index contributed by atoms with van der Waals surface area (Å²) >= 11 is 1.59. The Kier molecular flexibility index (Phi) is 5.72. The summed E-state index contributed by atoms with van der Waals surface area (Å²) in [4.78, 5) is 42.6. The van der Waals surface area contributed by atoms with Gasteiger partial charge in [0.1, 0.15) is 18.2 Å². The second kappa shape index (κ2) is 8.84. The number of benzene rings is 2. The van der Waals surface area contributed by atoms with Crippen LogP contribution in [0, 0.1) is 11.8 Å². The second-order valence-corrected chi connectivity index (χ2v) is 12.0. The van der Waals surface area contributed by atoms with Crippen LogP contribution < -0.4 is 10.6 Å². The van der Waals surface area contributed by atoms with E-state index in [2.05, 4.69) is 20.9 Å². The molecular formula is C26H28N6O4S. The van der Waals surface area contributed by atoms with Crippen LogP contribution in [0.5, 0.6) is 0 Å². The number of likely N-dealkylation sites (tertiary alicyclic amines) is 1. The largest absolute Gasteiger partial charge is 0.395 e. The van der Waals surface area contributed by atoms with Gasteiger partial charge in [0.05, 0.1) is 28.7 Å². The first-order chi connectivity index (χ1) is 17.9. The summed E-state index contributed by atoms with van der Waals surface area (Å²) < 4.78 is 0.394. The summed E-state index contributed by atoms with van der Waals surface area (Å²) in [7, 11) is 0. The number of rotatable bonds is 7. The first kappa shape index (κ1) is 23.9. The van der Waals surface area contributed by atoms with Crippen LogP contribution in [0.1, 0.15) is 19.8 Å². The number of amides is 3. The number of nitrogens with one attached hydrogen (secondary N) is 2. The Labute approximate surface area is 217 Å². The molecule has 2 unspecified atom stereocenters. The van der Waals surface area contributed by atoms with E-state index < -0.39 is 27.4 Å². The zero-order valence-corrected chi connectivity index (χ0v) is 21.1. The molecule has 10 nitrogen and oxygen atoms in total. The Hall–Kier alpha value is -3.44. The lowest BCUT2D eigenvalue weighted by molar-refractivity contribution is -0.140. The molecule has 0 radical (unpaired) electrons. The molecule has 11 heteroatoms. The number of aliphatic hydroxyl groups excluding tert-OH is 1. The number of hydrogen-bond donors (Lipinski definition) is 3. The third-order valence-electron chi connectivity index (χ3n) is 8.01. The van der Waals surface area contributed by atoms with Crippen LogP contribution in [-0.2, 0) is 21.1 Å². The van der Waals surface area contributed by atoms with E-state index in [-0.39, 0.29) is 37.5 Å². The maximum absolute atomic E-state index is 13.8. The van der Waals surface area contributed by atoms with Gasteiger partial charge in [-0.1, -0.05) is 35.5 Å². The van der Waals surface area contributed by atoms with E-state index in [1.165, 1.54) is 4.90 Å². The fraction of sp³-hybridized carbons (Fsp3) is 0.423. The van der Waals surface area contributed by atoms with Gasteiger partial charge in [0.15, 0.2) is 0 Å². The highest BCUT2D eigenvalue weighted by atomic mass is 32.2. The van der Waals surface area contributed by atoms with Crippen molar-refractivity contribution in [3.63, 3.8) is 0 Å². The van der Waals surface area contributed by atoms with Gasteiger partial charge >= 0.3 is 0 Å². The molecule has 0 aliphatic carbocycles. The Balaban J connectivity index is 1.29. The van der Waals surface area contributed by atoms with E-state index in [9.17, 15) is 19.5 Å². The van der Waals surface area contributed by atoms with Gasteiger partial charge in [-0.25, -0.2) is 4.68 Å². The van der Waals surface area contributed by atoms with E-state index in [1.54, 1.807) is 16.4 Å². The summed E-state index contributed by atoms with van der Waals surface area (Å²) in [6.45, 7) is 1.89. The third-order valence-corrected chi connectivity index (χ3v) is 10.00. The summed E-state index contributed by atoms with van der Waals surface area (Å²) in [5.74, 6) is -2.00. The molecule has 4 heterocycles. The zero-order valence-electron chi connectivity index (χ0n) is 20.3. The first-order valence-corrected chi connectivity index (χ1v) is 13.2. The lowest BCUT2D eigenvalue weighted by Gasteiger charge is -2.34. The molecule has 0 saturated carbocycles. The normalized spacial score (nSPS) is 30.1. The van der Waals surface area contributed by atoms with Crippen LogP contribution in [0.25, 0.3) is 11.0 Å². The highest BCUT2D eigenvalue weighted by Crippen LogP contribution is 2.71. The number of carbonyl (C=O) groups is 3. The molecule has 2 aromatic carbocycles. The van der Waals surface area contributed by atoms with E-state index in [0.29, 0.717) is 12.1 Å². The van der Waals surface area contributed by atoms with Crippen LogP contribution in [0.3, 0.4) is 0 Å². The number of para-hydroxylation sites is 2. The molecular weight excluding hydrogens is 492 g/mol. The maximum Gasteiger partial charge on any atom is 0.245 e. The van der Waals surface area contributed by atoms with Gasteiger partial charge < -0.3 is 20.6 Å². The molecule has 192 valence electrons. The number of carbonyl (C=O) groups excluding carboxylic acids is 3. The van der Waals surface area contributed by atoms with Gasteiger partial charge in [-0.2, -0.15) is 0 Å². The van der Waals surface area contributed by atoms with Crippen molar-refractivity contribution >= 4 is 46.2 Å². The molecule has 1 aromatic heterocycles. The van der Waals surface area contributed by atoms with Gasteiger partial charge in [-0.15, -0.1) is 16.9 Å². The molecule has 3 aliphatic rings. The van der Waals surface area contributed by atoms with E-state index >= 15 is 0 Å². The lowest BCUT2D eigenvalue weighted by Crippen LogP contribution is -2.54. The average molecular weight is 521 g/mol. The fourth-order valence-electron chi connectivity index (χ4n) is 6.50. The van der Waals surface area contributed by atoms with Crippen molar-refractivity contribution in [2.24, 2.45) is 11.8 Å². The van der Waals surface area contributed by atoms with Crippen molar-refractivity contribution in [1.29, 1.82) is 0 Å². The molecule has 3 amide bonds. The Morgan fingerprint density at radius 2 is 1.86 bits per heavy atom. The van der Waals surface area contributed by atoms with Crippen molar-refractivity contribution in [2.45, 2.75) is 42.0 Å². The molecule has 3 fully saturated rings. The van der Waals surface area contributed by atoms with Crippen LogP contribution in [0.4, 0.5) is 5.69 Å². The van der Waals surface area contributed by atoms with Crippen LogP contribution in [-0.4, -0.2) is 71.4 Å². The van der Waals surface area contributed by atoms with Crippen LogP contribution in [0.2, 0.25) is 0 Å². The van der Waals surface area contributed by atoms with Crippen molar-refractivity contribution in [1.82, 2.24) is 25.2 Å². The van der Waals surface area contributed by atoms with Crippen LogP contribution in [0.15, 0.2) is 54.6 Å². The number of thioether (sulfide) groups is 1. The van der Waals surface area contributed by atoms with Gasteiger partial charge in [-0.3, -0.25) is 14.4 Å². The van der Waals surface area contributed by atoms with E-state index in [4.69, 9.17) is 0 Å². The Morgan fingerprint density at radius 3 is 2.65 bits per heavy atom. The second-order valence-electron chi connectivity index (χ2n) is 10.1. The van der Waals surface area contributed by atoms with E-state index in [1.807, 2.05) is 61.5 Å². The highest BCUT2D eigenvalue weighted by molar-refractivity contribution is 8.02. The summed E-state index contributed by atoms with van der Waals surface area (Å²) in [6.07, 6.45) is 1.37. The number of aromatic nitrogens is 3. The van der Waals surface area contributed by atoms with Crippen LogP contribution >= 0.6 is 11.8 Å². The highest BCUT2D eigenvalue weighted by Gasteiger charge is 2.77. The predicted molar refractivity (Wildman–Crippen MR) is 138 cm³/mol. The van der Waals surface area contributed by atoms with Gasteiger partial charge in [-0.05, 0) is 44.0 Å². The zero-order chi connectivity index (χ0) is 25.8. The molecule has 3 N–H and O–H groups in total. The maximum atomic E-state index is 13.8. The van der Waals surface area contributed by atoms with Gasteiger partial charge in [0, 0.05) is 17.0 Å². The fourth-order valence-corrected chi connectivity index (χ4v) is 8.86. The minimum absolute atomic E-state index is 0.0335. The quantitative estimate of drug-likeness (QED) is 0.432. The standard InChI is InChI=1S/C26H28N6O4S/c1-25-11-12-26(37-25)20(19(25)22(34)28-16-7-3-2-4-8-16)24(36)31(13-14-33)21(26)23(35)27-15-32-18-10-6-5-9-17(18)29-30-32/h2-10,19-21,33H,11-15H2,1H3,(H,27,35)(H,28,34)/t19-,20+,21?,25+,26?/m1/s1. The Bertz CT molecular complexity index is 1380. The minimum atomic E-state index is -0.798. The molecule has 3 aromatic rings. The van der Waals surface area contributed by atoms with Crippen molar-refractivity contribution < 1.29 is 19.5 Å². The number of aliphatic hydroxyl groups is 1. The molecule has 37 heavy (non-hydrogen) atoms. The SMILES string of the molecule is C[C@@]12CCC3(S1)C(C(=O)NCn1nnc4ccccc41)N(CCO)C(=O)[C@@H]3[C@@H]2C(=O)Nc1ccccc1. The Morgan fingerprint density at radius 1 is 1.11 bits per heavy atom. The topological polar surface area (TPSA) is 129 Å². The molecule has 3 aliphatic heterocycles. The van der Waals surface area contributed by atoms with Gasteiger partial charge in [0.25, 0.3) is 0 Å². The summed E-state index contributed by atoms with van der Waals surface area (Å²) in [5, 5.41) is 24.0. The minimum Gasteiger partial charge on any atom is -0.395 e. The molecule has 6 rings (SSSR count). The molecule has 1 spiro atoms. The van der Waals surface area contributed by atoms with Crippen molar-refractivity contribution in [3.8, 4) is 0 Å². The number of hydrogen-bond acceptors (Lipinski definition) is 7. The third kappa shape index (κ3) is 3.63. The summed E-state index contributed by atoms with van der Waals surface area (Å²) in [6, 6.07) is 15.9. The number of fused-ring (bicyclic) bond motifs is 2. The molecule has 5 atom stereocenters.